The van der Waals surface area contributed by atoms with Gasteiger partial charge in [-0.25, -0.2) is 12.7 Å². The summed E-state index contributed by atoms with van der Waals surface area (Å²) >= 11 is 1.42. The van der Waals surface area contributed by atoms with Crippen molar-refractivity contribution >= 4 is 21.6 Å². The van der Waals surface area contributed by atoms with Crippen LogP contribution < -0.4 is 5.32 Å². The molecule has 0 spiro atoms. The van der Waals surface area contributed by atoms with Crippen molar-refractivity contribution in [1.29, 1.82) is 0 Å². The Morgan fingerprint density at radius 3 is 3.00 bits per heavy atom. The Kier molecular flexibility index (Phi) is 6.09. The highest BCUT2D eigenvalue weighted by Gasteiger charge is 2.28. The summed E-state index contributed by atoms with van der Waals surface area (Å²) in [5.74, 6) is 0.393. The van der Waals surface area contributed by atoms with E-state index in [1.807, 2.05) is 6.20 Å². The van der Waals surface area contributed by atoms with Crippen LogP contribution in [0.4, 0.5) is 0 Å². The van der Waals surface area contributed by atoms with Crippen molar-refractivity contribution in [2.75, 3.05) is 25.9 Å². The van der Waals surface area contributed by atoms with Crippen LogP contribution >= 0.6 is 11.5 Å². The van der Waals surface area contributed by atoms with Gasteiger partial charge in [0.1, 0.15) is 0 Å². The molecule has 1 aliphatic heterocycles. The van der Waals surface area contributed by atoms with Gasteiger partial charge in [0.25, 0.3) is 0 Å². The number of rotatable bonds is 7. The van der Waals surface area contributed by atoms with Crippen LogP contribution in [0.15, 0.2) is 6.20 Å². The van der Waals surface area contributed by atoms with Crippen LogP contribution in [0.3, 0.4) is 0 Å². The van der Waals surface area contributed by atoms with E-state index in [1.165, 1.54) is 17.8 Å². The number of hydrogen-bond acceptors (Lipinski definition) is 6. The third-order valence-corrected chi connectivity index (χ3v) is 5.93. The minimum absolute atomic E-state index is 0.231. The number of nitrogens with one attached hydrogen (secondary N) is 1. The molecule has 1 saturated heterocycles. The smallest absolute Gasteiger partial charge is 0.211 e. The third kappa shape index (κ3) is 4.98. The van der Waals surface area contributed by atoms with Gasteiger partial charge >= 0.3 is 0 Å². The SMILES string of the molecule is CCCNC(CC1CCCN(S(C)(=O)=O)C1)c1cnns1. The highest BCUT2D eigenvalue weighted by molar-refractivity contribution is 7.88. The van der Waals surface area contributed by atoms with Crippen LogP contribution in [0.2, 0.25) is 0 Å². The summed E-state index contributed by atoms with van der Waals surface area (Å²) in [5.41, 5.74) is 0. The minimum Gasteiger partial charge on any atom is -0.309 e. The van der Waals surface area contributed by atoms with E-state index in [2.05, 4.69) is 21.8 Å². The maximum atomic E-state index is 11.7. The van der Waals surface area contributed by atoms with Crippen molar-refractivity contribution in [3.05, 3.63) is 11.1 Å². The Bertz CT molecular complexity index is 518. The third-order valence-electron chi connectivity index (χ3n) is 3.88. The molecule has 8 heteroatoms. The largest absolute Gasteiger partial charge is 0.309 e. The van der Waals surface area contributed by atoms with E-state index in [0.29, 0.717) is 19.0 Å². The lowest BCUT2D eigenvalue weighted by molar-refractivity contribution is 0.239. The van der Waals surface area contributed by atoms with Crippen LogP contribution in [0.5, 0.6) is 0 Å². The standard InChI is InChI=1S/C13H24N4O2S2/c1-3-6-14-12(13-9-15-16-20-13)8-11-5-4-7-17(10-11)21(2,18)19/h9,11-12,14H,3-8,10H2,1-2H3. The predicted octanol–water partition coefficient (Wildman–Crippen LogP) is 1.64. The number of hydrogen-bond donors (Lipinski definition) is 1. The molecule has 1 N–H and O–H groups in total. The molecule has 1 fully saturated rings. The van der Waals surface area contributed by atoms with Gasteiger partial charge in [-0.15, -0.1) is 5.10 Å². The molecular formula is C13H24N4O2S2. The molecule has 0 aromatic carbocycles. The first-order valence-electron chi connectivity index (χ1n) is 7.46. The average Bonchev–Trinajstić information content (AvgIpc) is 2.97. The molecule has 0 amide bonds. The van der Waals surface area contributed by atoms with Crippen LogP contribution in [0.1, 0.15) is 43.5 Å². The van der Waals surface area contributed by atoms with Crippen molar-refractivity contribution < 1.29 is 8.42 Å². The van der Waals surface area contributed by atoms with Crippen molar-refractivity contribution in [2.24, 2.45) is 5.92 Å². The lowest BCUT2D eigenvalue weighted by Gasteiger charge is -2.32. The highest BCUT2D eigenvalue weighted by Crippen LogP contribution is 2.29. The second-order valence-corrected chi connectivity index (χ2v) is 8.49. The zero-order valence-electron chi connectivity index (χ0n) is 12.7. The molecular weight excluding hydrogens is 308 g/mol. The van der Waals surface area contributed by atoms with E-state index < -0.39 is 10.0 Å². The fourth-order valence-electron chi connectivity index (χ4n) is 2.80. The van der Waals surface area contributed by atoms with Crippen LogP contribution in [0.25, 0.3) is 0 Å². The second kappa shape index (κ2) is 7.62. The topological polar surface area (TPSA) is 75.2 Å². The summed E-state index contributed by atoms with van der Waals surface area (Å²) in [5, 5.41) is 7.46. The Hall–Kier alpha value is -0.570. The number of nitrogens with zero attached hydrogens (tertiary/aromatic N) is 3. The van der Waals surface area contributed by atoms with Crippen molar-refractivity contribution in [3.63, 3.8) is 0 Å². The first kappa shape index (κ1) is 16.8. The summed E-state index contributed by atoms with van der Waals surface area (Å²) in [7, 11) is -3.07. The molecule has 120 valence electrons. The summed E-state index contributed by atoms with van der Waals surface area (Å²) in [6.07, 6.45) is 7.16. The zero-order chi connectivity index (χ0) is 15.3. The van der Waals surface area contributed by atoms with E-state index in [9.17, 15) is 8.42 Å². The Balaban J connectivity index is 1.99. The number of aromatic nitrogens is 2. The molecule has 0 bridgehead atoms. The molecule has 2 atom stereocenters. The van der Waals surface area contributed by atoms with Crippen molar-refractivity contribution in [1.82, 2.24) is 19.2 Å². The van der Waals surface area contributed by atoms with Crippen molar-refractivity contribution in [2.45, 2.75) is 38.6 Å². The summed E-state index contributed by atoms with van der Waals surface area (Å²) in [4.78, 5) is 1.14. The fraction of sp³-hybridized carbons (Fsp3) is 0.846. The molecule has 2 unspecified atom stereocenters. The van der Waals surface area contributed by atoms with Crippen molar-refractivity contribution in [3.8, 4) is 0 Å². The van der Waals surface area contributed by atoms with E-state index in [1.54, 1.807) is 4.31 Å². The minimum atomic E-state index is -3.07. The van der Waals surface area contributed by atoms with Gasteiger partial charge in [-0.1, -0.05) is 11.4 Å². The summed E-state index contributed by atoms with van der Waals surface area (Å²) in [6.45, 7) is 4.38. The van der Waals surface area contributed by atoms with Gasteiger partial charge in [0.2, 0.25) is 10.0 Å². The molecule has 0 saturated carbocycles. The first-order chi connectivity index (χ1) is 10.0. The maximum Gasteiger partial charge on any atom is 0.211 e. The molecule has 2 rings (SSSR count). The fourth-order valence-corrected chi connectivity index (χ4v) is 4.33. The number of sulfonamides is 1. The molecule has 0 aliphatic carbocycles. The van der Waals surface area contributed by atoms with Gasteiger partial charge in [-0.2, -0.15) is 0 Å². The number of piperidine rings is 1. The molecule has 21 heavy (non-hydrogen) atoms. The van der Waals surface area contributed by atoms with Crippen LogP contribution in [-0.4, -0.2) is 48.2 Å². The van der Waals surface area contributed by atoms with Gasteiger partial charge < -0.3 is 5.32 Å². The van der Waals surface area contributed by atoms with E-state index in [0.717, 1.165) is 37.1 Å². The maximum absolute atomic E-state index is 11.7. The quantitative estimate of drug-likeness (QED) is 0.821. The zero-order valence-corrected chi connectivity index (χ0v) is 14.3. The highest BCUT2D eigenvalue weighted by atomic mass is 32.2. The first-order valence-corrected chi connectivity index (χ1v) is 10.1. The van der Waals surface area contributed by atoms with Crippen LogP contribution in [0, 0.1) is 5.92 Å². The van der Waals surface area contributed by atoms with Gasteiger partial charge in [0.05, 0.1) is 17.3 Å². The van der Waals surface area contributed by atoms with Gasteiger partial charge in [0.15, 0.2) is 0 Å². The normalized spacial score (nSPS) is 22.3. The molecule has 6 nitrogen and oxygen atoms in total. The lowest BCUT2D eigenvalue weighted by Crippen LogP contribution is -2.40. The average molecular weight is 332 g/mol. The molecule has 1 aromatic heterocycles. The summed E-state index contributed by atoms with van der Waals surface area (Å²) < 4.78 is 29.0. The van der Waals surface area contributed by atoms with Gasteiger partial charge in [0, 0.05) is 19.1 Å². The Morgan fingerprint density at radius 1 is 1.57 bits per heavy atom. The monoisotopic (exact) mass is 332 g/mol. The molecule has 2 heterocycles. The van der Waals surface area contributed by atoms with E-state index in [-0.39, 0.29) is 6.04 Å². The van der Waals surface area contributed by atoms with Crippen LogP contribution in [-0.2, 0) is 10.0 Å². The molecule has 0 radical (unpaired) electrons. The van der Waals surface area contributed by atoms with E-state index in [4.69, 9.17) is 0 Å². The lowest BCUT2D eigenvalue weighted by atomic mass is 9.92. The predicted molar refractivity (Wildman–Crippen MR) is 84.7 cm³/mol. The van der Waals surface area contributed by atoms with Gasteiger partial charge in [-0.3, -0.25) is 0 Å². The molecule has 1 aliphatic rings. The Labute approximate surface area is 131 Å². The Morgan fingerprint density at radius 2 is 2.38 bits per heavy atom. The summed E-state index contributed by atoms with van der Waals surface area (Å²) in [6, 6.07) is 0.231. The van der Waals surface area contributed by atoms with E-state index >= 15 is 0 Å². The molecule has 1 aromatic rings. The second-order valence-electron chi connectivity index (χ2n) is 5.69. The van der Waals surface area contributed by atoms with Gasteiger partial charge in [-0.05, 0) is 49.7 Å².